The number of hydrogen-bond acceptors (Lipinski definition) is 4. The summed E-state index contributed by atoms with van der Waals surface area (Å²) >= 11 is 0. The predicted octanol–water partition coefficient (Wildman–Crippen LogP) is 3.17. The Kier molecular flexibility index (Phi) is 5.12. The van der Waals surface area contributed by atoms with Crippen LogP contribution >= 0.6 is 0 Å². The van der Waals surface area contributed by atoms with Crippen molar-refractivity contribution in [2.24, 2.45) is 11.8 Å². The minimum Gasteiger partial charge on any atom is -0.379 e. The average Bonchev–Trinajstić information content (AvgIpc) is 2.81. The van der Waals surface area contributed by atoms with Crippen LogP contribution in [0.5, 0.6) is 0 Å². The van der Waals surface area contributed by atoms with E-state index in [1.54, 1.807) is 22.3 Å². The second-order valence-electron chi connectivity index (χ2n) is 9.37. The van der Waals surface area contributed by atoms with Gasteiger partial charge in [-0.1, -0.05) is 48.5 Å². The first-order valence-corrected chi connectivity index (χ1v) is 11.7. The molecule has 4 nitrogen and oxygen atoms in total. The molecule has 0 radical (unpaired) electrons. The van der Waals surface area contributed by atoms with Gasteiger partial charge in [0.2, 0.25) is 0 Å². The standard InChI is InChI=1S/C26H32N2O2/c1-2-6-20-19(5-1)25-21-7-3-4-8-22(21)26(20)24(18-28-11-15-30-16-12-28)23(25)17-27-9-13-29-14-10-27/h1-8,23-26H,9-18H2/t23-,24-,25?,26?/m1/s1. The number of hydrogen-bond donors (Lipinski definition) is 0. The van der Waals surface area contributed by atoms with Crippen LogP contribution in [0.4, 0.5) is 0 Å². The van der Waals surface area contributed by atoms with Gasteiger partial charge in [0.25, 0.3) is 0 Å². The van der Waals surface area contributed by atoms with E-state index in [9.17, 15) is 0 Å². The number of fused-ring (bicyclic) bond motifs is 1. The maximum Gasteiger partial charge on any atom is 0.0594 e. The summed E-state index contributed by atoms with van der Waals surface area (Å²) in [5.41, 5.74) is 6.32. The fraction of sp³-hybridized carbons (Fsp3) is 0.538. The zero-order chi connectivity index (χ0) is 19.9. The van der Waals surface area contributed by atoms with Crippen molar-refractivity contribution in [1.82, 2.24) is 9.80 Å². The smallest absolute Gasteiger partial charge is 0.0594 e. The largest absolute Gasteiger partial charge is 0.379 e. The van der Waals surface area contributed by atoms with Gasteiger partial charge >= 0.3 is 0 Å². The Bertz CT molecular complexity index is 769. The van der Waals surface area contributed by atoms with Gasteiger partial charge in [-0.15, -0.1) is 0 Å². The summed E-state index contributed by atoms with van der Waals surface area (Å²) in [6.45, 7) is 10.2. The quantitative estimate of drug-likeness (QED) is 0.782. The third-order valence-corrected chi connectivity index (χ3v) is 7.88. The lowest BCUT2D eigenvalue weighted by Crippen LogP contribution is -2.52. The van der Waals surface area contributed by atoms with Gasteiger partial charge in [0.15, 0.2) is 0 Å². The van der Waals surface area contributed by atoms with Crippen LogP contribution < -0.4 is 0 Å². The van der Waals surface area contributed by atoms with E-state index in [4.69, 9.17) is 9.47 Å². The number of morpholine rings is 2. The molecule has 2 atom stereocenters. The van der Waals surface area contributed by atoms with Crippen molar-refractivity contribution in [2.75, 3.05) is 65.7 Å². The molecule has 4 heteroatoms. The molecule has 0 N–H and O–H groups in total. The molecule has 2 aliphatic heterocycles. The number of nitrogens with zero attached hydrogens (tertiary/aromatic N) is 2. The van der Waals surface area contributed by atoms with Crippen LogP contribution in [-0.2, 0) is 9.47 Å². The highest BCUT2D eigenvalue weighted by atomic mass is 16.5. The molecule has 0 aromatic heterocycles. The molecule has 7 rings (SSSR count). The van der Waals surface area contributed by atoms with Crippen LogP contribution in [0.25, 0.3) is 0 Å². The van der Waals surface area contributed by atoms with Gasteiger partial charge in [-0.2, -0.15) is 0 Å². The molecule has 2 bridgehead atoms. The average molecular weight is 405 g/mol. The Morgan fingerprint density at radius 2 is 0.900 bits per heavy atom. The number of rotatable bonds is 4. The predicted molar refractivity (Wildman–Crippen MR) is 118 cm³/mol. The maximum absolute atomic E-state index is 5.65. The van der Waals surface area contributed by atoms with Crippen LogP contribution in [0.2, 0.25) is 0 Å². The van der Waals surface area contributed by atoms with Gasteiger partial charge < -0.3 is 9.47 Å². The fourth-order valence-corrected chi connectivity index (χ4v) is 6.55. The summed E-state index contributed by atoms with van der Waals surface area (Å²) in [6.07, 6.45) is 0. The summed E-state index contributed by atoms with van der Waals surface area (Å²) in [5, 5.41) is 0. The second kappa shape index (κ2) is 8.08. The highest BCUT2D eigenvalue weighted by Gasteiger charge is 2.50. The van der Waals surface area contributed by atoms with E-state index < -0.39 is 0 Å². The maximum atomic E-state index is 5.65. The molecule has 2 heterocycles. The van der Waals surface area contributed by atoms with E-state index in [0.717, 1.165) is 52.6 Å². The topological polar surface area (TPSA) is 24.9 Å². The summed E-state index contributed by atoms with van der Waals surface area (Å²) < 4.78 is 11.3. The van der Waals surface area contributed by atoms with E-state index in [2.05, 4.69) is 58.3 Å². The molecule has 3 aliphatic carbocycles. The molecule has 0 spiro atoms. The Hall–Kier alpha value is -1.72. The summed E-state index contributed by atoms with van der Waals surface area (Å²) in [5.74, 6) is 2.33. The van der Waals surface area contributed by atoms with E-state index in [1.165, 1.54) is 13.1 Å². The van der Waals surface area contributed by atoms with Gasteiger partial charge in [0.1, 0.15) is 0 Å². The van der Waals surface area contributed by atoms with Gasteiger partial charge in [0, 0.05) is 51.1 Å². The highest BCUT2D eigenvalue weighted by Crippen LogP contribution is 2.58. The molecule has 2 aromatic rings. The molecular formula is C26H32N2O2. The minimum atomic E-state index is 0.510. The monoisotopic (exact) mass is 404 g/mol. The van der Waals surface area contributed by atoms with Crippen molar-refractivity contribution >= 4 is 0 Å². The van der Waals surface area contributed by atoms with Gasteiger partial charge in [-0.3, -0.25) is 9.80 Å². The first-order chi connectivity index (χ1) is 14.9. The molecule has 2 fully saturated rings. The first-order valence-electron chi connectivity index (χ1n) is 11.7. The van der Waals surface area contributed by atoms with Crippen molar-refractivity contribution in [3.8, 4) is 0 Å². The third-order valence-electron chi connectivity index (χ3n) is 7.88. The molecule has 2 aromatic carbocycles. The van der Waals surface area contributed by atoms with Crippen LogP contribution in [0, 0.1) is 11.8 Å². The van der Waals surface area contributed by atoms with E-state index in [0.29, 0.717) is 23.7 Å². The Morgan fingerprint density at radius 1 is 0.567 bits per heavy atom. The summed E-state index contributed by atoms with van der Waals surface area (Å²) in [7, 11) is 0. The number of benzene rings is 2. The lowest BCUT2D eigenvalue weighted by Gasteiger charge is -2.53. The van der Waals surface area contributed by atoms with Crippen LogP contribution in [0.1, 0.15) is 34.1 Å². The van der Waals surface area contributed by atoms with Gasteiger partial charge in [0.05, 0.1) is 26.4 Å². The van der Waals surface area contributed by atoms with Crippen molar-refractivity contribution < 1.29 is 9.47 Å². The molecule has 158 valence electrons. The lowest BCUT2D eigenvalue weighted by atomic mass is 9.54. The van der Waals surface area contributed by atoms with E-state index in [-0.39, 0.29) is 0 Å². The van der Waals surface area contributed by atoms with Gasteiger partial charge in [-0.05, 0) is 34.1 Å². The Morgan fingerprint density at radius 3 is 1.23 bits per heavy atom. The summed E-state index contributed by atoms with van der Waals surface area (Å²) in [4.78, 5) is 5.32. The normalized spacial score (nSPS) is 31.3. The van der Waals surface area contributed by atoms with Crippen molar-refractivity contribution in [1.29, 1.82) is 0 Å². The molecule has 0 unspecified atom stereocenters. The van der Waals surface area contributed by atoms with E-state index >= 15 is 0 Å². The van der Waals surface area contributed by atoms with E-state index in [1.807, 2.05) is 0 Å². The molecule has 30 heavy (non-hydrogen) atoms. The third kappa shape index (κ3) is 3.21. The highest BCUT2D eigenvalue weighted by molar-refractivity contribution is 5.56. The van der Waals surface area contributed by atoms with Crippen molar-refractivity contribution in [3.05, 3.63) is 70.8 Å². The summed E-state index contributed by atoms with van der Waals surface area (Å²) in [6, 6.07) is 18.6. The number of ether oxygens (including phenoxy) is 2. The minimum absolute atomic E-state index is 0.510. The zero-order valence-corrected chi connectivity index (χ0v) is 17.7. The van der Waals surface area contributed by atoms with Crippen LogP contribution in [0.15, 0.2) is 48.5 Å². The van der Waals surface area contributed by atoms with Crippen LogP contribution in [-0.4, -0.2) is 75.5 Å². The van der Waals surface area contributed by atoms with Crippen molar-refractivity contribution in [3.63, 3.8) is 0 Å². The second-order valence-corrected chi connectivity index (χ2v) is 9.37. The molecule has 5 aliphatic rings. The van der Waals surface area contributed by atoms with Crippen molar-refractivity contribution in [2.45, 2.75) is 11.8 Å². The lowest BCUT2D eigenvalue weighted by molar-refractivity contribution is 0.00216. The molecule has 0 amide bonds. The van der Waals surface area contributed by atoms with Gasteiger partial charge in [-0.25, -0.2) is 0 Å². The Balaban J connectivity index is 1.42. The fourth-order valence-electron chi connectivity index (χ4n) is 6.55. The zero-order valence-electron chi connectivity index (χ0n) is 17.7. The SMILES string of the molecule is c1ccc2c(c1)C1c3ccccc3C2[C@H](CN2CCOCC2)[C@H]1CN1CCOCC1. The Labute approximate surface area is 179 Å². The molecule has 2 saturated heterocycles. The molecule has 0 saturated carbocycles. The molecular weight excluding hydrogens is 372 g/mol. The first kappa shape index (κ1) is 19.0. The van der Waals surface area contributed by atoms with Crippen LogP contribution in [0.3, 0.4) is 0 Å².